The normalized spacial score (nSPS) is 12.5. The van der Waals surface area contributed by atoms with E-state index in [1.54, 1.807) is 22.6 Å². The second-order valence-corrected chi connectivity index (χ2v) is 4.20. The molecule has 1 rings (SSSR count). The van der Waals surface area contributed by atoms with Crippen LogP contribution in [0, 0.1) is 0 Å². The Labute approximate surface area is 93.0 Å². The predicted molar refractivity (Wildman–Crippen MR) is 59.4 cm³/mol. The molecule has 2 N–H and O–H groups in total. The molecule has 15 heavy (non-hydrogen) atoms. The number of methoxy groups -OCH3 is 1. The van der Waals surface area contributed by atoms with Gasteiger partial charge in [-0.2, -0.15) is 16.9 Å². The van der Waals surface area contributed by atoms with E-state index in [1.165, 1.54) is 7.11 Å². The lowest BCUT2D eigenvalue weighted by atomic mass is 10.4. The van der Waals surface area contributed by atoms with Gasteiger partial charge in [0.15, 0.2) is 0 Å². The summed E-state index contributed by atoms with van der Waals surface area (Å²) in [4.78, 5) is 11.0. The summed E-state index contributed by atoms with van der Waals surface area (Å²) in [5.74, 6) is 0.994. The second-order valence-electron chi connectivity index (χ2n) is 3.17. The fourth-order valence-corrected chi connectivity index (χ4v) is 1.96. The molecular formula is C9H15N3O2S. The van der Waals surface area contributed by atoms with Crippen LogP contribution < -0.4 is 5.73 Å². The molecule has 0 radical (unpaired) electrons. The fourth-order valence-electron chi connectivity index (χ4n) is 1.07. The number of aromatic nitrogens is 2. The first-order valence-corrected chi connectivity index (χ1v) is 5.67. The number of carbonyl (C=O) groups excluding carboxylic acids is 1. The number of thioether (sulfide) groups is 1. The van der Waals surface area contributed by atoms with Gasteiger partial charge in [-0.25, -0.2) is 0 Å². The first kappa shape index (κ1) is 12.1. The van der Waals surface area contributed by atoms with Gasteiger partial charge >= 0.3 is 5.97 Å². The van der Waals surface area contributed by atoms with Crippen LogP contribution in [0.4, 0.5) is 0 Å². The smallest absolute Gasteiger partial charge is 0.323 e. The van der Waals surface area contributed by atoms with Crippen molar-refractivity contribution in [1.82, 2.24) is 9.78 Å². The molecule has 1 atom stereocenters. The maximum absolute atomic E-state index is 11.0. The Morgan fingerprint density at radius 3 is 3.07 bits per heavy atom. The Morgan fingerprint density at radius 1 is 1.80 bits per heavy atom. The highest BCUT2D eigenvalue weighted by Gasteiger charge is 2.13. The number of hydrogen-bond donors (Lipinski definition) is 1. The largest absolute Gasteiger partial charge is 0.468 e. The van der Waals surface area contributed by atoms with E-state index in [1.807, 2.05) is 13.2 Å². The van der Waals surface area contributed by atoms with Crippen LogP contribution in [-0.2, 0) is 22.3 Å². The molecule has 0 amide bonds. The summed E-state index contributed by atoms with van der Waals surface area (Å²) >= 11 is 1.59. The van der Waals surface area contributed by atoms with Crippen LogP contribution in [0.15, 0.2) is 12.4 Å². The van der Waals surface area contributed by atoms with Gasteiger partial charge in [-0.3, -0.25) is 9.48 Å². The van der Waals surface area contributed by atoms with Crippen molar-refractivity contribution in [1.29, 1.82) is 0 Å². The zero-order chi connectivity index (χ0) is 11.3. The van der Waals surface area contributed by atoms with Gasteiger partial charge in [-0.05, 0) is 5.56 Å². The summed E-state index contributed by atoms with van der Waals surface area (Å²) in [7, 11) is 3.21. The molecule has 0 aliphatic heterocycles. The van der Waals surface area contributed by atoms with Crippen molar-refractivity contribution in [3.05, 3.63) is 18.0 Å². The van der Waals surface area contributed by atoms with Crippen LogP contribution in [0.5, 0.6) is 0 Å². The Kier molecular flexibility index (Phi) is 4.64. The third-order valence-corrected chi connectivity index (χ3v) is 2.96. The summed E-state index contributed by atoms with van der Waals surface area (Å²) in [5, 5.41) is 4.05. The lowest BCUT2D eigenvalue weighted by molar-refractivity contribution is -0.141. The minimum Gasteiger partial charge on any atom is -0.468 e. The molecule has 0 aromatic carbocycles. The van der Waals surface area contributed by atoms with Crippen molar-refractivity contribution < 1.29 is 9.53 Å². The van der Waals surface area contributed by atoms with Crippen molar-refractivity contribution >= 4 is 17.7 Å². The minimum atomic E-state index is -0.545. The predicted octanol–water partition coefficient (Wildman–Crippen LogP) is 0.154. The van der Waals surface area contributed by atoms with Gasteiger partial charge in [0.1, 0.15) is 6.04 Å². The van der Waals surface area contributed by atoms with E-state index >= 15 is 0 Å². The Balaban J connectivity index is 2.24. The van der Waals surface area contributed by atoms with Crippen LogP contribution in [-0.4, -0.2) is 34.7 Å². The van der Waals surface area contributed by atoms with Crippen LogP contribution in [0.3, 0.4) is 0 Å². The number of hydrogen-bond acceptors (Lipinski definition) is 5. The van der Waals surface area contributed by atoms with Crippen LogP contribution in [0.25, 0.3) is 0 Å². The number of nitrogens with two attached hydrogens (primary N) is 1. The summed E-state index contributed by atoms with van der Waals surface area (Å²) in [6, 6.07) is -0.545. The van der Waals surface area contributed by atoms with Crippen molar-refractivity contribution in [3.63, 3.8) is 0 Å². The van der Waals surface area contributed by atoms with E-state index in [4.69, 9.17) is 5.73 Å². The van der Waals surface area contributed by atoms with Gasteiger partial charge in [0, 0.05) is 24.8 Å². The number of ether oxygens (including phenoxy) is 1. The molecule has 1 heterocycles. The maximum Gasteiger partial charge on any atom is 0.323 e. The zero-order valence-corrected chi connectivity index (χ0v) is 9.66. The first-order valence-electron chi connectivity index (χ1n) is 4.52. The third-order valence-electron chi connectivity index (χ3n) is 1.83. The standard InChI is InChI=1S/C9H15N3O2S/c1-12-4-7(3-11-12)5-15-6-8(10)9(13)14-2/h3-4,8H,5-6,10H2,1-2H3. The molecule has 0 bridgehead atoms. The molecule has 1 aromatic rings. The SMILES string of the molecule is COC(=O)C(N)CSCc1cnn(C)c1. The molecule has 1 unspecified atom stereocenters. The molecule has 1 aromatic heterocycles. The average Bonchev–Trinajstić information content (AvgIpc) is 2.63. The van der Waals surface area contributed by atoms with Crippen molar-refractivity contribution in [2.24, 2.45) is 12.8 Å². The van der Waals surface area contributed by atoms with E-state index in [0.29, 0.717) is 5.75 Å². The van der Waals surface area contributed by atoms with Crippen molar-refractivity contribution in [3.8, 4) is 0 Å². The fraction of sp³-hybridized carbons (Fsp3) is 0.556. The Morgan fingerprint density at radius 2 is 2.53 bits per heavy atom. The van der Waals surface area contributed by atoms with Gasteiger partial charge in [0.2, 0.25) is 0 Å². The summed E-state index contributed by atoms with van der Waals surface area (Å²) < 4.78 is 6.27. The summed E-state index contributed by atoms with van der Waals surface area (Å²) in [6.07, 6.45) is 3.74. The van der Waals surface area contributed by atoms with E-state index < -0.39 is 6.04 Å². The van der Waals surface area contributed by atoms with Gasteiger partial charge in [0.25, 0.3) is 0 Å². The summed E-state index contributed by atoms with van der Waals surface area (Å²) in [5.41, 5.74) is 6.71. The molecule has 6 heteroatoms. The highest BCUT2D eigenvalue weighted by Crippen LogP contribution is 2.11. The third kappa shape index (κ3) is 3.93. The van der Waals surface area contributed by atoms with Gasteiger partial charge < -0.3 is 10.5 Å². The molecule has 0 aliphatic carbocycles. The molecule has 0 fully saturated rings. The molecule has 5 nitrogen and oxygen atoms in total. The number of rotatable bonds is 5. The highest BCUT2D eigenvalue weighted by atomic mass is 32.2. The second kappa shape index (κ2) is 5.77. The highest BCUT2D eigenvalue weighted by molar-refractivity contribution is 7.98. The van der Waals surface area contributed by atoms with Gasteiger partial charge in [0.05, 0.1) is 13.3 Å². The van der Waals surface area contributed by atoms with E-state index in [2.05, 4.69) is 9.84 Å². The molecule has 0 spiro atoms. The molecule has 84 valence electrons. The number of aryl methyl sites for hydroxylation is 1. The minimum absolute atomic E-state index is 0.367. The van der Waals surface area contributed by atoms with Gasteiger partial charge in [-0.1, -0.05) is 0 Å². The van der Waals surface area contributed by atoms with Gasteiger partial charge in [-0.15, -0.1) is 0 Å². The molecule has 0 saturated carbocycles. The number of nitrogens with zero attached hydrogens (tertiary/aromatic N) is 2. The first-order chi connectivity index (χ1) is 7.13. The van der Waals surface area contributed by atoms with Crippen LogP contribution in [0.2, 0.25) is 0 Å². The topological polar surface area (TPSA) is 70.1 Å². The number of carbonyl (C=O) groups is 1. The molecular weight excluding hydrogens is 214 g/mol. The molecule has 0 aliphatic rings. The maximum atomic E-state index is 11.0. The lowest BCUT2D eigenvalue weighted by Crippen LogP contribution is -2.33. The summed E-state index contributed by atoms with van der Waals surface area (Å²) in [6.45, 7) is 0. The lowest BCUT2D eigenvalue weighted by Gasteiger charge is -2.07. The van der Waals surface area contributed by atoms with E-state index in [-0.39, 0.29) is 5.97 Å². The molecule has 0 saturated heterocycles. The number of esters is 1. The van der Waals surface area contributed by atoms with E-state index in [0.717, 1.165) is 11.3 Å². The van der Waals surface area contributed by atoms with Crippen LogP contribution >= 0.6 is 11.8 Å². The van der Waals surface area contributed by atoms with E-state index in [9.17, 15) is 4.79 Å². The van der Waals surface area contributed by atoms with Crippen LogP contribution in [0.1, 0.15) is 5.56 Å². The van der Waals surface area contributed by atoms with Crippen molar-refractivity contribution in [2.45, 2.75) is 11.8 Å². The quantitative estimate of drug-likeness (QED) is 0.728. The zero-order valence-electron chi connectivity index (χ0n) is 8.84. The monoisotopic (exact) mass is 229 g/mol. The Bertz CT molecular complexity index is 327. The van der Waals surface area contributed by atoms with Crippen molar-refractivity contribution in [2.75, 3.05) is 12.9 Å². The average molecular weight is 229 g/mol. The Hall–Kier alpha value is -1.01.